The van der Waals surface area contributed by atoms with Gasteiger partial charge in [-0.05, 0) is 96.6 Å². The zero-order chi connectivity index (χ0) is 26.0. The molecule has 0 aliphatic heterocycles. The van der Waals surface area contributed by atoms with Crippen molar-refractivity contribution in [3.05, 3.63) is 83.9 Å². The van der Waals surface area contributed by atoms with Crippen molar-refractivity contribution in [1.82, 2.24) is 0 Å². The van der Waals surface area contributed by atoms with E-state index in [4.69, 9.17) is 0 Å². The van der Waals surface area contributed by atoms with Gasteiger partial charge in [-0.25, -0.2) is 0 Å². The molecular weight excluding hydrogens is 452 g/mol. The van der Waals surface area contributed by atoms with Gasteiger partial charge in [0, 0.05) is 0 Å². The molecule has 1 aliphatic rings. The fraction of sp³-hybridized carbons (Fsp3) is 0.457. The second kappa shape index (κ2) is 13.6. The van der Waals surface area contributed by atoms with Crippen molar-refractivity contribution in [2.45, 2.75) is 90.4 Å². The molecule has 3 aromatic carbocycles. The highest BCUT2D eigenvalue weighted by Crippen LogP contribution is 2.39. The maximum Gasteiger partial charge on any atom is 0.306 e. The fourth-order valence-electron chi connectivity index (χ4n) is 6.26. The van der Waals surface area contributed by atoms with Crippen LogP contribution in [0.2, 0.25) is 0 Å². The van der Waals surface area contributed by atoms with E-state index in [0.29, 0.717) is 0 Å². The van der Waals surface area contributed by atoms with E-state index < -0.39 is 5.97 Å². The van der Waals surface area contributed by atoms with Gasteiger partial charge in [0.2, 0.25) is 0 Å². The van der Waals surface area contributed by atoms with Gasteiger partial charge < -0.3 is 5.11 Å². The van der Waals surface area contributed by atoms with E-state index in [0.717, 1.165) is 43.9 Å². The first-order valence-corrected chi connectivity index (χ1v) is 14.6. The molecule has 3 aromatic rings. The molecule has 2 nitrogen and oxygen atoms in total. The lowest BCUT2D eigenvalue weighted by molar-refractivity contribution is -0.142. The molecule has 1 unspecified atom stereocenters. The van der Waals surface area contributed by atoms with Crippen LogP contribution in [0, 0.1) is 11.8 Å². The molecule has 0 heterocycles. The second-order valence-electron chi connectivity index (χ2n) is 11.1. The highest BCUT2D eigenvalue weighted by molar-refractivity contribution is 5.83. The average Bonchev–Trinajstić information content (AvgIpc) is 2.94. The van der Waals surface area contributed by atoms with E-state index in [1.54, 1.807) is 0 Å². The van der Waals surface area contributed by atoms with Gasteiger partial charge in [-0.15, -0.1) is 0 Å². The molecule has 4 rings (SSSR count). The predicted octanol–water partition coefficient (Wildman–Crippen LogP) is 9.92. The molecule has 0 aromatic heterocycles. The summed E-state index contributed by atoms with van der Waals surface area (Å²) in [5, 5.41) is 9.39. The van der Waals surface area contributed by atoms with Gasteiger partial charge >= 0.3 is 5.97 Å². The van der Waals surface area contributed by atoms with Gasteiger partial charge in [0.25, 0.3) is 0 Å². The number of hydrogen-bond donors (Lipinski definition) is 1. The van der Waals surface area contributed by atoms with E-state index in [9.17, 15) is 9.90 Å². The van der Waals surface area contributed by atoms with E-state index in [1.807, 2.05) is 0 Å². The number of carboxylic acid groups (broad SMARTS) is 1. The summed E-state index contributed by atoms with van der Waals surface area (Å²) in [5.41, 5.74) is 7.82. The lowest BCUT2D eigenvalue weighted by Gasteiger charge is -2.28. The van der Waals surface area contributed by atoms with Crippen LogP contribution in [-0.4, -0.2) is 11.1 Å². The zero-order valence-corrected chi connectivity index (χ0v) is 22.8. The van der Waals surface area contributed by atoms with Crippen LogP contribution < -0.4 is 0 Å². The van der Waals surface area contributed by atoms with E-state index in [2.05, 4.69) is 86.6 Å². The van der Waals surface area contributed by atoms with Crippen LogP contribution >= 0.6 is 0 Å². The molecule has 0 saturated heterocycles. The first-order chi connectivity index (χ1) is 18.1. The zero-order valence-electron chi connectivity index (χ0n) is 22.8. The van der Waals surface area contributed by atoms with Gasteiger partial charge in [0.05, 0.1) is 5.92 Å². The minimum absolute atomic E-state index is 0.210. The number of benzene rings is 3. The Kier molecular flexibility index (Phi) is 9.99. The monoisotopic (exact) mass is 496 g/mol. The number of hydrogen-bond acceptors (Lipinski definition) is 1. The third-order valence-corrected chi connectivity index (χ3v) is 8.43. The summed E-state index contributed by atoms with van der Waals surface area (Å²) in [6.45, 7) is 4.37. The molecular formula is C35H44O2. The van der Waals surface area contributed by atoms with E-state index in [1.165, 1.54) is 71.9 Å². The number of aliphatic carboxylic acids is 1. The third-order valence-electron chi connectivity index (χ3n) is 8.43. The summed E-state index contributed by atoms with van der Waals surface area (Å²) in [5.74, 6) is 0.805. The largest absolute Gasteiger partial charge is 0.481 e. The Hall–Kier alpha value is -2.87. The Labute approximate surface area is 224 Å². The van der Waals surface area contributed by atoms with Gasteiger partial charge in [-0.1, -0.05) is 106 Å². The van der Waals surface area contributed by atoms with Crippen LogP contribution in [0.4, 0.5) is 0 Å². The summed E-state index contributed by atoms with van der Waals surface area (Å²) in [7, 11) is 0. The highest BCUT2D eigenvalue weighted by Gasteiger charge is 2.22. The molecule has 0 bridgehead atoms. The molecule has 1 N–H and O–H groups in total. The number of rotatable bonds is 12. The molecule has 1 fully saturated rings. The van der Waals surface area contributed by atoms with Crippen LogP contribution in [0.1, 0.15) is 95.1 Å². The van der Waals surface area contributed by atoms with E-state index in [-0.39, 0.29) is 5.92 Å². The van der Waals surface area contributed by atoms with Crippen molar-refractivity contribution in [2.75, 3.05) is 0 Å². The molecule has 0 spiro atoms. The van der Waals surface area contributed by atoms with Crippen molar-refractivity contribution in [3.8, 4) is 22.3 Å². The first kappa shape index (κ1) is 27.2. The van der Waals surface area contributed by atoms with Crippen molar-refractivity contribution in [3.63, 3.8) is 0 Å². The summed E-state index contributed by atoms with van der Waals surface area (Å²) in [6, 6.07) is 26.9. The number of aryl methyl sites for hydroxylation is 1. The Morgan fingerprint density at radius 3 is 1.92 bits per heavy atom. The lowest BCUT2D eigenvalue weighted by Crippen LogP contribution is -2.13. The summed E-state index contributed by atoms with van der Waals surface area (Å²) >= 11 is 0. The average molecular weight is 497 g/mol. The van der Waals surface area contributed by atoms with Crippen LogP contribution in [0.15, 0.2) is 72.8 Å². The molecule has 0 radical (unpaired) electrons. The maximum absolute atomic E-state index is 11.4. The van der Waals surface area contributed by atoms with Gasteiger partial charge in [-0.2, -0.15) is 0 Å². The molecule has 1 saturated carbocycles. The summed E-state index contributed by atoms with van der Waals surface area (Å²) < 4.78 is 0. The predicted molar refractivity (Wildman–Crippen MR) is 156 cm³/mol. The van der Waals surface area contributed by atoms with Crippen LogP contribution in [0.3, 0.4) is 0 Å². The minimum atomic E-state index is -0.652. The smallest absolute Gasteiger partial charge is 0.306 e. The summed E-state index contributed by atoms with van der Waals surface area (Å²) in [4.78, 5) is 11.4. The van der Waals surface area contributed by atoms with Crippen molar-refractivity contribution in [2.24, 2.45) is 11.8 Å². The second-order valence-corrected chi connectivity index (χ2v) is 11.1. The first-order valence-electron chi connectivity index (χ1n) is 14.6. The van der Waals surface area contributed by atoms with Gasteiger partial charge in [0.1, 0.15) is 0 Å². The number of carbonyl (C=O) groups is 1. The van der Waals surface area contributed by atoms with Crippen molar-refractivity contribution in [1.29, 1.82) is 0 Å². The van der Waals surface area contributed by atoms with Gasteiger partial charge in [-0.3, -0.25) is 4.79 Å². The Morgan fingerprint density at radius 2 is 1.38 bits per heavy atom. The molecule has 1 aliphatic carbocycles. The quantitative estimate of drug-likeness (QED) is 0.271. The van der Waals surface area contributed by atoms with Crippen LogP contribution in [-0.2, 0) is 11.2 Å². The van der Waals surface area contributed by atoms with Crippen LogP contribution in [0.25, 0.3) is 22.3 Å². The third kappa shape index (κ3) is 7.34. The van der Waals surface area contributed by atoms with Gasteiger partial charge in [0.15, 0.2) is 0 Å². The fourth-order valence-corrected chi connectivity index (χ4v) is 6.26. The summed E-state index contributed by atoms with van der Waals surface area (Å²) in [6.07, 6.45) is 12.5. The van der Waals surface area contributed by atoms with Crippen molar-refractivity contribution >= 4 is 5.97 Å². The SMILES string of the molecule is CCCC1CCC(c2ccc(-c3ccccc3-c3ccc(CCCC(CCC)C(=O)O)cc3)cc2)CC1. The highest BCUT2D eigenvalue weighted by atomic mass is 16.4. The Balaban J connectivity index is 1.41. The maximum atomic E-state index is 11.4. The minimum Gasteiger partial charge on any atom is -0.481 e. The standard InChI is InChI=1S/C35H44O2/c1-3-8-26-14-18-28(19-15-26)29-22-24-31(25-23-29)34-13-6-5-12-33(34)30-20-16-27(17-21-30)10-7-11-32(9-4-2)35(36)37/h5-6,12-13,16-17,20-26,28,32H,3-4,7-11,14-15,18-19H2,1-2H3,(H,36,37). The normalized spacial score (nSPS) is 18.4. The van der Waals surface area contributed by atoms with Crippen molar-refractivity contribution < 1.29 is 9.90 Å². The topological polar surface area (TPSA) is 37.3 Å². The lowest BCUT2D eigenvalue weighted by atomic mass is 9.77. The van der Waals surface area contributed by atoms with Crippen LogP contribution in [0.5, 0.6) is 0 Å². The molecule has 1 atom stereocenters. The molecule has 0 amide bonds. The molecule has 196 valence electrons. The molecule has 37 heavy (non-hydrogen) atoms. The molecule has 2 heteroatoms. The Bertz CT molecular complexity index is 1100. The Morgan fingerprint density at radius 1 is 0.784 bits per heavy atom. The number of carboxylic acids is 1. The van der Waals surface area contributed by atoms with E-state index >= 15 is 0 Å².